The molecule has 0 saturated carbocycles. The van der Waals surface area contributed by atoms with Crippen LogP contribution in [0.15, 0.2) is 36.4 Å². The summed E-state index contributed by atoms with van der Waals surface area (Å²) in [5, 5.41) is 14.4. The van der Waals surface area contributed by atoms with Crippen molar-refractivity contribution in [1.29, 1.82) is 0 Å². The molecule has 0 aliphatic carbocycles. The molecule has 21 heavy (non-hydrogen) atoms. The highest BCUT2D eigenvalue weighted by atomic mass is 35.5. The first-order chi connectivity index (χ1) is 9.88. The molecule has 0 aliphatic rings. The Morgan fingerprint density at radius 3 is 2.52 bits per heavy atom. The number of hydrogen-bond acceptors (Lipinski definition) is 3. The smallest absolute Gasteiger partial charge is 0.271 e. The summed E-state index contributed by atoms with van der Waals surface area (Å²) in [6.07, 6.45) is 0. The molecule has 110 valence electrons. The van der Waals surface area contributed by atoms with Crippen molar-refractivity contribution in [1.82, 2.24) is 0 Å². The molecule has 0 spiro atoms. The lowest BCUT2D eigenvalue weighted by molar-refractivity contribution is -0.384. The van der Waals surface area contributed by atoms with Gasteiger partial charge in [0.2, 0.25) is 0 Å². The molecule has 0 saturated heterocycles. The zero-order chi connectivity index (χ0) is 15.6. The summed E-state index contributed by atoms with van der Waals surface area (Å²) >= 11 is 11.8. The molecular weight excluding hydrogens is 318 g/mol. The predicted molar refractivity (Wildman–Crippen MR) is 81.6 cm³/mol. The second-order valence-electron chi connectivity index (χ2n) is 4.46. The van der Waals surface area contributed by atoms with Crippen LogP contribution < -0.4 is 5.32 Å². The van der Waals surface area contributed by atoms with Gasteiger partial charge in [0.05, 0.1) is 20.7 Å². The fraction of sp³-hybridized carbons (Fsp3) is 0.143. The van der Waals surface area contributed by atoms with Crippen LogP contribution in [-0.4, -0.2) is 4.92 Å². The molecule has 2 aromatic rings. The van der Waals surface area contributed by atoms with E-state index in [1.165, 1.54) is 0 Å². The van der Waals surface area contributed by atoms with Gasteiger partial charge in [-0.05, 0) is 30.7 Å². The topological polar surface area (TPSA) is 55.2 Å². The maximum atomic E-state index is 13.7. The zero-order valence-corrected chi connectivity index (χ0v) is 12.5. The van der Waals surface area contributed by atoms with E-state index in [1.54, 1.807) is 25.1 Å². The molecule has 0 heterocycles. The molecule has 1 N–H and O–H groups in total. The van der Waals surface area contributed by atoms with Crippen molar-refractivity contribution in [2.75, 3.05) is 5.32 Å². The number of nitrogens with one attached hydrogen (secondary N) is 1. The maximum absolute atomic E-state index is 13.7. The molecule has 1 atom stereocenters. The fourth-order valence-corrected chi connectivity index (χ4v) is 2.14. The molecule has 0 amide bonds. The van der Waals surface area contributed by atoms with Crippen LogP contribution in [-0.2, 0) is 0 Å². The van der Waals surface area contributed by atoms with Crippen molar-refractivity contribution in [3.8, 4) is 0 Å². The SMILES string of the molecule is CC(Nc1cc([N+](=O)[O-])ccc1F)c1ccc(Cl)c(Cl)c1. The number of anilines is 1. The Labute approximate surface area is 130 Å². The van der Waals surface area contributed by atoms with E-state index in [2.05, 4.69) is 5.32 Å². The van der Waals surface area contributed by atoms with Gasteiger partial charge in [0.1, 0.15) is 5.82 Å². The van der Waals surface area contributed by atoms with Gasteiger partial charge >= 0.3 is 0 Å². The van der Waals surface area contributed by atoms with Gasteiger partial charge in [-0.15, -0.1) is 0 Å². The maximum Gasteiger partial charge on any atom is 0.271 e. The monoisotopic (exact) mass is 328 g/mol. The quantitative estimate of drug-likeness (QED) is 0.618. The van der Waals surface area contributed by atoms with E-state index < -0.39 is 10.7 Å². The van der Waals surface area contributed by atoms with Gasteiger partial charge in [-0.3, -0.25) is 10.1 Å². The summed E-state index contributed by atoms with van der Waals surface area (Å²) in [6, 6.07) is 8.09. The zero-order valence-electron chi connectivity index (χ0n) is 10.9. The summed E-state index contributed by atoms with van der Waals surface area (Å²) in [5.74, 6) is -0.562. The van der Waals surface area contributed by atoms with Crippen molar-refractivity contribution in [2.24, 2.45) is 0 Å². The Bertz CT molecular complexity index is 695. The van der Waals surface area contributed by atoms with Crippen LogP contribution in [0.5, 0.6) is 0 Å². The van der Waals surface area contributed by atoms with Gasteiger partial charge < -0.3 is 5.32 Å². The highest BCUT2D eigenvalue weighted by Gasteiger charge is 2.14. The van der Waals surface area contributed by atoms with Crippen LogP contribution in [0.3, 0.4) is 0 Å². The van der Waals surface area contributed by atoms with E-state index in [0.29, 0.717) is 10.0 Å². The van der Waals surface area contributed by atoms with Crippen LogP contribution in [0.1, 0.15) is 18.5 Å². The molecule has 4 nitrogen and oxygen atoms in total. The highest BCUT2D eigenvalue weighted by molar-refractivity contribution is 6.42. The first-order valence-corrected chi connectivity index (χ1v) is 6.79. The number of rotatable bonds is 4. The molecule has 2 rings (SSSR count). The Morgan fingerprint density at radius 1 is 1.19 bits per heavy atom. The van der Waals surface area contributed by atoms with E-state index in [9.17, 15) is 14.5 Å². The molecule has 1 unspecified atom stereocenters. The Kier molecular flexibility index (Phi) is 4.65. The third kappa shape index (κ3) is 3.62. The number of halogens is 3. The minimum Gasteiger partial charge on any atom is -0.376 e. The lowest BCUT2D eigenvalue weighted by atomic mass is 10.1. The van der Waals surface area contributed by atoms with Crippen LogP contribution in [0.2, 0.25) is 10.0 Å². The van der Waals surface area contributed by atoms with Crippen molar-refractivity contribution >= 4 is 34.6 Å². The van der Waals surface area contributed by atoms with Gasteiger partial charge in [-0.1, -0.05) is 29.3 Å². The predicted octanol–water partition coefficient (Wildman–Crippen LogP) is 5.21. The summed E-state index contributed by atoms with van der Waals surface area (Å²) in [4.78, 5) is 10.2. The third-order valence-electron chi connectivity index (χ3n) is 2.98. The summed E-state index contributed by atoms with van der Waals surface area (Å²) in [6.45, 7) is 1.79. The van der Waals surface area contributed by atoms with Gasteiger partial charge in [-0.25, -0.2) is 4.39 Å². The first kappa shape index (κ1) is 15.5. The van der Waals surface area contributed by atoms with E-state index >= 15 is 0 Å². The number of non-ortho nitro benzene ring substituents is 1. The third-order valence-corrected chi connectivity index (χ3v) is 3.72. The summed E-state index contributed by atoms with van der Waals surface area (Å²) in [5.41, 5.74) is 0.665. The second kappa shape index (κ2) is 6.28. The average molecular weight is 329 g/mol. The van der Waals surface area contributed by atoms with Crippen LogP contribution in [0.4, 0.5) is 15.8 Å². The van der Waals surface area contributed by atoms with E-state index in [1.807, 2.05) is 0 Å². The summed E-state index contributed by atoms with van der Waals surface area (Å²) in [7, 11) is 0. The van der Waals surface area contributed by atoms with Crippen LogP contribution >= 0.6 is 23.2 Å². The number of benzene rings is 2. The lowest BCUT2D eigenvalue weighted by Crippen LogP contribution is -2.08. The molecule has 0 aromatic heterocycles. The van der Waals surface area contributed by atoms with E-state index in [0.717, 1.165) is 23.8 Å². The largest absolute Gasteiger partial charge is 0.376 e. The Balaban J connectivity index is 2.26. The van der Waals surface area contributed by atoms with E-state index in [4.69, 9.17) is 23.2 Å². The Morgan fingerprint density at radius 2 is 1.90 bits per heavy atom. The lowest BCUT2D eigenvalue weighted by Gasteiger charge is -2.16. The van der Waals surface area contributed by atoms with Gasteiger partial charge in [0.15, 0.2) is 0 Å². The van der Waals surface area contributed by atoms with Gasteiger partial charge in [0.25, 0.3) is 5.69 Å². The fourth-order valence-electron chi connectivity index (χ4n) is 1.84. The van der Waals surface area contributed by atoms with Crippen molar-refractivity contribution in [2.45, 2.75) is 13.0 Å². The van der Waals surface area contributed by atoms with E-state index in [-0.39, 0.29) is 17.4 Å². The molecular formula is C14H11Cl2FN2O2. The second-order valence-corrected chi connectivity index (χ2v) is 5.28. The van der Waals surface area contributed by atoms with Gasteiger partial charge in [0, 0.05) is 18.2 Å². The normalized spacial score (nSPS) is 12.0. The number of nitro groups is 1. The molecule has 0 radical (unpaired) electrons. The van der Waals surface area contributed by atoms with Crippen LogP contribution in [0, 0.1) is 15.9 Å². The molecule has 0 bridgehead atoms. The first-order valence-electron chi connectivity index (χ1n) is 6.04. The highest BCUT2D eigenvalue weighted by Crippen LogP contribution is 2.29. The molecule has 0 fully saturated rings. The minimum absolute atomic E-state index is 0.0581. The molecule has 0 aliphatic heterocycles. The Hall–Kier alpha value is -1.85. The van der Waals surface area contributed by atoms with Crippen molar-refractivity contribution in [3.63, 3.8) is 0 Å². The van der Waals surface area contributed by atoms with Crippen LogP contribution in [0.25, 0.3) is 0 Å². The number of nitrogens with zero attached hydrogens (tertiary/aromatic N) is 1. The number of hydrogen-bond donors (Lipinski definition) is 1. The molecule has 2 aromatic carbocycles. The van der Waals surface area contributed by atoms with Gasteiger partial charge in [-0.2, -0.15) is 0 Å². The number of nitro benzene ring substituents is 1. The standard InChI is InChI=1S/C14H11Cl2FN2O2/c1-8(9-2-4-11(15)12(16)6-9)18-14-7-10(19(20)21)3-5-13(14)17/h2-8,18H,1H3. The summed E-state index contributed by atoms with van der Waals surface area (Å²) < 4.78 is 13.7. The minimum atomic E-state index is -0.575. The van der Waals surface area contributed by atoms with Crippen molar-refractivity contribution in [3.05, 3.63) is 67.9 Å². The molecule has 7 heteroatoms. The average Bonchev–Trinajstić information content (AvgIpc) is 2.43. The van der Waals surface area contributed by atoms with Crippen molar-refractivity contribution < 1.29 is 9.31 Å².